The highest BCUT2D eigenvalue weighted by Crippen LogP contribution is 2.52. The van der Waals surface area contributed by atoms with E-state index < -0.39 is 0 Å². The highest BCUT2D eigenvalue weighted by Gasteiger charge is 2.41. The number of hydrogen-bond donors (Lipinski definition) is 0. The molecule has 4 aliphatic rings. The molecule has 0 bridgehead atoms. The molecule has 1 saturated heterocycles. The summed E-state index contributed by atoms with van der Waals surface area (Å²) >= 11 is 0. The summed E-state index contributed by atoms with van der Waals surface area (Å²) in [6, 6.07) is 60.8. The van der Waals surface area contributed by atoms with Crippen LogP contribution in [0.5, 0.6) is 0 Å². The van der Waals surface area contributed by atoms with Crippen molar-refractivity contribution < 1.29 is 4.74 Å². The lowest BCUT2D eigenvalue weighted by Gasteiger charge is -2.26. The number of aliphatic imine (C=N–C) groups is 2. The molecule has 0 saturated carbocycles. The van der Waals surface area contributed by atoms with Crippen molar-refractivity contribution in [3.63, 3.8) is 0 Å². The van der Waals surface area contributed by atoms with Gasteiger partial charge in [0.05, 0.1) is 33.7 Å². The summed E-state index contributed by atoms with van der Waals surface area (Å²) in [4.78, 5) is 10.2. The Hall–Kier alpha value is -8.54. The van der Waals surface area contributed by atoms with Crippen LogP contribution < -0.4 is 0 Å². The SMILES string of the molecule is C=C(N=C(N=C(C)c1ccccc1)c1ccccc1)c1cccc(C2C=CC=C3OC4=CCC(c5ccc6c(c5)c5cc7c8ccccc8n(-c8ccccc8)c7cc5n6C5=CC(C)CC=C5)C=C4C32)c1. The predicted octanol–water partition coefficient (Wildman–Crippen LogP) is 16.4. The Morgan fingerprint density at radius 3 is 2.13 bits per heavy atom. The molecular formula is C66H52N4O. The van der Waals surface area contributed by atoms with Crippen LogP contribution in [0.1, 0.15) is 66.3 Å². The van der Waals surface area contributed by atoms with E-state index in [1.54, 1.807) is 0 Å². The zero-order chi connectivity index (χ0) is 47.6. The molecule has 5 heteroatoms. The number of nitrogens with zero attached hydrogens (tertiary/aromatic N) is 4. The first-order chi connectivity index (χ1) is 34.9. The van der Waals surface area contributed by atoms with E-state index in [-0.39, 0.29) is 17.8 Å². The van der Waals surface area contributed by atoms with Crippen molar-refractivity contribution in [2.75, 3.05) is 0 Å². The molecule has 0 radical (unpaired) electrons. The molecule has 4 atom stereocenters. The fourth-order valence-corrected chi connectivity index (χ4v) is 11.4. The Morgan fingerprint density at radius 1 is 0.606 bits per heavy atom. The summed E-state index contributed by atoms with van der Waals surface area (Å²) in [5.41, 5.74) is 15.5. The van der Waals surface area contributed by atoms with E-state index in [9.17, 15) is 0 Å². The van der Waals surface area contributed by atoms with Gasteiger partial charge in [-0.3, -0.25) is 0 Å². The molecule has 342 valence electrons. The van der Waals surface area contributed by atoms with Crippen LogP contribution in [0.4, 0.5) is 0 Å². The smallest absolute Gasteiger partial charge is 0.160 e. The number of ether oxygens (including phenoxy) is 1. The number of aromatic nitrogens is 2. The normalized spacial score (nSPS) is 19.9. The van der Waals surface area contributed by atoms with Gasteiger partial charge < -0.3 is 13.9 Å². The van der Waals surface area contributed by atoms with E-state index in [2.05, 4.69) is 205 Å². The van der Waals surface area contributed by atoms with Gasteiger partial charge in [-0.2, -0.15) is 0 Å². The highest BCUT2D eigenvalue weighted by atomic mass is 16.5. The molecule has 0 spiro atoms. The third-order valence-corrected chi connectivity index (χ3v) is 14.9. The standard InChI is InChI=1S/C66H52N4O/c1-42-18-15-27-52(36-42)70-60-34-32-48(38-55(60)57-40-56-54-28-13-14-30-59(54)69(61(56)41-62(57)70)51-25-11-6-12-26-51)49-33-35-63-58(39-49)65-53(29-17-31-64(65)71-63)50-24-16-23-47(37-50)44(3)68-66(46-21-9-5-10-22-46)67-43(2)45-19-7-4-8-20-45/h4-17,19-32,34-42,49,53,65H,3,18,33H2,1-2H3. The number of hydrogen-bond acceptors (Lipinski definition) is 2. The lowest BCUT2D eigenvalue weighted by Crippen LogP contribution is -2.15. The van der Waals surface area contributed by atoms with E-state index >= 15 is 0 Å². The summed E-state index contributed by atoms with van der Waals surface area (Å²) in [6.45, 7) is 8.85. The Kier molecular flexibility index (Phi) is 10.5. The molecule has 3 heterocycles. The predicted molar refractivity (Wildman–Crippen MR) is 296 cm³/mol. The fourth-order valence-electron chi connectivity index (χ4n) is 11.4. The Morgan fingerprint density at radius 2 is 1.31 bits per heavy atom. The summed E-state index contributed by atoms with van der Waals surface area (Å²) < 4.78 is 11.6. The van der Waals surface area contributed by atoms with Gasteiger partial charge in [0.25, 0.3) is 0 Å². The van der Waals surface area contributed by atoms with E-state index in [4.69, 9.17) is 14.7 Å². The maximum atomic E-state index is 6.71. The van der Waals surface area contributed by atoms with Crippen molar-refractivity contribution in [1.82, 2.24) is 9.13 Å². The lowest BCUT2D eigenvalue weighted by atomic mass is 9.75. The van der Waals surface area contributed by atoms with Gasteiger partial charge in [0.15, 0.2) is 5.84 Å². The number of rotatable bonds is 8. The van der Waals surface area contributed by atoms with Crippen molar-refractivity contribution in [3.05, 3.63) is 270 Å². The third kappa shape index (κ3) is 7.48. The van der Waals surface area contributed by atoms with Crippen LogP contribution in [-0.4, -0.2) is 20.7 Å². The second-order valence-electron chi connectivity index (χ2n) is 19.4. The average molecular weight is 917 g/mol. The van der Waals surface area contributed by atoms with E-state index in [1.165, 1.54) is 66.0 Å². The second kappa shape index (κ2) is 17.5. The van der Waals surface area contributed by atoms with Gasteiger partial charge in [-0.15, -0.1) is 0 Å². The second-order valence-corrected chi connectivity index (χ2v) is 19.4. The first kappa shape index (κ1) is 42.6. The van der Waals surface area contributed by atoms with Crippen LogP contribution in [0, 0.1) is 11.8 Å². The molecule has 71 heavy (non-hydrogen) atoms. The molecule has 9 aromatic rings. The first-order valence-corrected chi connectivity index (χ1v) is 24.9. The highest BCUT2D eigenvalue weighted by molar-refractivity contribution is 6.20. The maximum absolute atomic E-state index is 6.71. The zero-order valence-corrected chi connectivity index (χ0v) is 39.9. The number of fused-ring (bicyclic) bond motifs is 9. The van der Waals surface area contributed by atoms with Crippen LogP contribution in [0.25, 0.3) is 60.7 Å². The average Bonchev–Trinajstić information content (AvgIpc) is 4.07. The quantitative estimate of drug-likeness (QED) is 0.111. The molecule has 7 aromatic carbocycles. The maximum Gasteiger partial charge on any atom is 0.160 e. The zero-order valence-electron chi connectivity index (χ0n) is 39.9. The first-order valence-electron chi connectivity index (χ1n) is 24.9. The molecular weight excluding hydrogens is 865 g/mol. The van der Waals surface area contributed by atoms with Crippen LogP contribution in [-0.2, 0) is 4.74 Å². The van der Waals surface area contributed by atoms with Gasteiger partial charge in [0.2, 0.25) is 0 Å². The van der Waals surface area contributed by atoms with Crippen LogP contribution in [0.2, 0.25) is 0 Å². The van der Waals surface area contributed by atoms with Crippen molar-refractivity contribution in [2.45, 2.75) is 38.5 Å². The molecule has 3 aliphatic carbocycles. The molecule has 5 nitrogen and oxygen atoms in total. The fraction of sp³-hybridized carbons (Fsp3) is 0.121. The van der Waals surface area contributed by atoms with E-state index in [0.717, 1.165) is 52.4 Å². The minimum absolute atomic E-state index is 0.0481. The number of benzene rings is 7. The van der Waals surface area contributed by atoms with E-state index in [1.807, 2.05) is 43.3 Å². The van der Waals surface area contributed by atoms with Crippen molar-refractivity contribution in [3.8, 4) is 5.69 Å². The molecule has 0 amide bonds. The third-order valence-electron chi connectivity index (χ3n) is 14.9. The van der Waals surface area contributed by atoms with E-state index in [0.29, 0.717) is 17.5 Å². The van der Waals surface area contributed by atoms with Gasteiger partial charge in [-0.25, -0.2) is 9.98 Å². The van der Waals surface area contributed by atoms with Crippen LogP contribution in [0.15, 0.2) is 252 Å². The molecule has 2 aromatic heterocycles. The molecule has 0 N–H and O–H groups in total. The van der Waals surface area contributed by atoms with Gasteiger partial charge in [-0.05, 0) is 115 Å². The van der Waals surface area contributed by atoms with Crippen molar-refractivity contribution in [1.29, 1.82) is 0 Å². The van der Waals surface area contributed by atoms with Gasteiger partial charge >= 0.3 is 0 Å². The molecule has 4 unspecified atom stereocenters. The largest absolute Gasteiger partial charge is 0.461 e. The Bertz CT molecular complexity index is 3890. The Balaban J connectivity index is 0.878. The van der Waals surface area contributed by atoms with Crippen molar-refractivity contribution >= 4 is 66.6 Å². The monoisotopic (exact) mass is 916 g/mol. The summed E-state index contributed by atoms with van der Waals surface area (Å²) in [6.07, 6.45) is 20.4. The number of para-hydroxylation sites is 2. The van der Waals surface area contributed by atoms with Gasteiger partial charge in [0.1, 0.15) is 11.5 Å². The van der Waals surface area contributed by atoms with Crippen LogP contribution in [0.3, 0.4) is 0 Å². The molecule has 1 fully saturated rings. The minimum Gasteiger partial charge on any atom is -0.461 e. The topological polar surface area (TPSA) is 43.8 Å². The van der Waals surface area contributed by atoms with Crippen LogP contribution >= 0.6 is 0 Å². The van der Waals surface area contributed by atoms with Crippen molar-refractivity contribution in [2.24, 2.45) is 21.8 Å². The molecule has 13 rings (SSSR count). The minimum atomic E-state index is 0.0481. The number of amidine groups is 1. The summed E-state index contributed by atoms with van der Waals surface area (Å²) in [5.74, 6) is 3.36. The Labute approximate surface area is 414 Å². The van der Waals surface area contributed by atoms with Gasteiger partial charge in [-0.1, -0.05) is 165 Å². The summed E-state index contributed by atoms with van der Waals surface area (Å²) in [7, 11) is 0. The summed E-state index contributed by atoms with van der Waals surface area (Å²) in [5, 5.41) is 5.06. The molecule has 1 aliphatic heterocycles. The lowest BCUT2D eigenvalue weighted by molar-refractivity contribution is 0.320. The number of allylic oxidation sites excluding steroid dienone is 11. The van der Waals surface area contributed by atoms with Gasteiger partial charge in [0, 0.05) is 61.6 Å².